The zero-order chi connectivity index (χ0) is 17.1. The number of ether oxygens (including phenoxy) is 2. The number of para-hydroxylation sites is 1. The van der Waals surface area contributed by atoms with E-state index in [2.05, 4.69) is 15.0 Å². The third-order valence-electron chi connectivity index (χ3n) is 3.65. The normalized spacial score (nSPS) is 10.6. The van der Waals surface area contributed by atoms with E-state index in [0.29, 0.717) is 17.3 Å². The number of amides is 1. The van der Waals surface area contributed by atoms with Crippen LogP contribution in [-0.2, 0) is 11.3 Å². The predicted molar refractivity (Wildman–Crippen MR) is 90.3 cm³/mol. The highest BCUT2D eigenvalue weighted by Crippen LogP contribution is 2.23. The van der Waals surface area contributed by atoms with E-state index >= 15 is 0 Å². The van der Waals surface area contributed by atoms with Gasteiger partial charge in [-0.3, -0.25) is 5.32 Å². The number of aryl methyl sites for hydroxylation is 2. The van der Waals surface area contributed by atoms with Crippen LogP contribution in [0.4, 0.5) is 10.5 Å². The molecule has 3 rings (SSSR count). The van der Waals surface area contributed by atoms with Gasteiger partial charge in [-0.25, -0.2) is 9.78 Å². The number of rotatable bonds is 4. The molecule has 1 heterocycles. The van der Waals surface area contributed by atoms with E-state index < -0.39 is 6.09 Å². The van der Waals surface area contributed by atoms with Crippen LogP contribution in [0.15, 0.2) is 40.8 Å². The topological polar surface area (TPSA) is 73.6 Å². The molecule has 0 aliphatic heterocycles. The SMILES string of the molecule is COC(=O)Nc1ccc(OCc2nc3c(C)cccc3o2)cc1C. The van der Waals surface area contributed by atoms with Gasteiger partial charge < -0.3 is 13.9 Å². The summed E-state index contributed by atoms with van der Waals surface area (Å²) in [6, 6.07) is 11.2. The lowest BCUT2D eigenvalue weighted by Gasteiger charge is -2.09. The van der Waals surface area contributed by atoms with Crippen LogP contribution in [0.1, 0.15) is 17.0 Å². The number of benzene rings is 2. The molecule has 0 spiro atoms. The lowest BCUT2D eigenvalue weighted by molar-refractivity contribution is 0.187. The summed E-state index contributed by atoms with van der Waals surface area (Å²) in [7, 11) is 1.32. The molecule has 0 saturated carbocycles. The van der Waals surface area contributed by atoms with Crippen LogP contribution in [0, 0.1) is 13.8 Å². The minimum absolute atomic E-state index is 0.233. The van der Waals surface area contributed by atoms with E-state index in [1.54, 1.807) is 12.1 Å². The Hall–Kier alpha value is -3.02. The van der Waals surface area contributed by atoms with E-state index in [4.69, 9.17) is 9.15 Å². The molecular formula is C18H18N2O4. The van der Waals surface area contributed by atoms with Crippen molar-refractivity contribution in [3.8, 4) is 5.75 Å². The summed E-state index contributed by atoms with van der Waals surface area (Å²) in [4.78, 5) is 15.7. The number of hydrogen-bond acceptors (Lipinski definition) is 5. The molecule has 0 atom stereocenters. The van der Waals surface area contributed by atoms with Crippen LogP contribution >= 0.6 is 0 Å². The standard InChI is InChI=1S/C18H18N2O4/c1-11-5-4-6-15-17(11)20-16(24-15)10-23-13-7-8-14(12(2)9-13)19-18(21)22-3/h4-9H,10H2,1-3H3,(H,19,21). The molecule has 0 saturated heterocycles. The highest BCUT2D eigenvalue weighted by Gasteiger charge is 2.09. The van der Waals surface area contributed by atoms with Crippen molar-refractivity contribution in [2.75, 3.05) is 12.4 Å². The Bertz CT molecular complexity index is 886. The van der Waals surface area contributed by atoms with E-state index in [0.717, 1.165) is 22.2 Å². The van der Waals surface area contributed by atoms with Gasteiger partial charge in [0.05, 0.1) is 7.11 Å². The average molecular weight is 326 g/mol. The molecule has 0 aliphatic rings. The minimum atomic E-state index is -0.506. The number of aromatic nitrogens is 1. The van der Waals surface area contributed by atoms with Gasteiger partial charge in [0.2, 0.25) is 5.89 Å². The summed E-state index contributed by atoms with van der Waals surface area (Å²) in [5.74, 6) is 1.19. The second kappa shape index (κ2) is 6.62. The Morgan fingerprint density at radius 1 is 1.21 bits per heavy atom. The molecule has 1 aromatic heterocycles. The smallest absolute Gasteiger partial charge is 0.411 e. The van der Waals surface area contributed by atoms with Crippen molar-refractivity contribution < 1.29 is 18.7 Å². The second-order valence-electron chi connectivity index (χ2n) is 5.41. The zero-order valence-electron chi connectivity index (χ0n) is 13.8. The van der Waals surface area contributed by atoms with Crippen molar-refractivity contribution in [2.45, 2.75) is 20.5 Å². The molecule has 0 bridgehead atoms. The van der Waals surface area contributed by atoms with Gasteiger partial charge in [0, 0.05) is 5.69 Å². The van der Waals surface area contributed by atoms with Crippen LogP contribution in [-0.4, -0.2) is 18.2 Å². The van der Waals surface area contributed by atoms with Crippen LogP contribution < -0.4 is 10.1 Å². The molecule has 3 aromatic rings. The number of nitrogens with one attached hydrogen (secondary N) is 1. The Morgan fingerprint density at radius 2 is 2.04 bits per heavy atom. The molecule has 1 N–H and O–H groups in total. The quantitative estimate of drug-likeness (QED) is 0.777. The third kappa shape index (κ3) is 3.32. The summed E-state index contributed by atoms with van der Waals surface area (Å²) in [6.45, 7) is 4.10. The van der Waals surface area contributed by atoms with Gasteiger partial charge in [0.25, 0.3) is 0 Å². The Morgan fingerprint density at radius 3 is 2.75 bits per heavy atom. The Kier molecular flexibility index (Phi) is 4.37. The van der Waals surface area contributed by atoms with E-state index in [1.165, 1.54) is 7.11 Å². The van der Waals surface area contributed by atoms with Gasteiger partial charge in [-0.05, 0) is 49.2 Å². The fraction of sp³-hybridized carbons (Fsp3) is 0.222. The Labute approximate surface area is 139 Å². The number of nitrogens with zero attached hydrogens (tertiary/aromatic N) is 1. The largest absolute Gasteiger partial charge is 0.484 e. The molecule has 6 heteroatoms. The van der Waals surface area contributed by atoms with Gasteiger partial charge >= 0.3 is 6.09 Å². The second-order valence-corrected chi connectivity index (χ2v) is 5.41. The number of carbonyl (C=O) groups is 1. The lowest BCUT2D eigenvalue weighted by Crippen LogP contribution is -2.11. The fourth-order valence-corrected chi connectivity index (χ4v) is 2.37. The molecule has 0 aliphatic carbocycles. The number of methoxy groups -OCH3 is 1. The van der Waals surface area contributed by atoms with Crippen molar-refractivity contribution >= 4 is 22.9 Å². The summed E-state index contributed by atoms with van der Waals surface area (Å²) in [6.07, 6.45) is -0.506. The van der Waals surface area contributed by atoms with Crippen molar-refractivity contribution in [1.29, 1.82) is 0 Å². The first-order chi connectivity index (χ1) is 11.6. The molecule has 2 aromatic carbocycles. The van der Waals surface area contributed by atoms with Gasteiger partial charge in [-0.15, -0.1) is 0 Å². The predicted octanol–water partition coefficient (Wildman–Crippen LogP) is 4.20. The molecule has 0 unspecified atom stereocenters. The number of fused-ring (bicyclic) bond motifs is 1. The van der Waals surface area contributed by atoms with Crippen LogP contribution in [0.2, 0.25) is 0 Å². The minimum Gasteiger partial charge on any atom is -0.484 e. The first kappa shape index (κ1) is 15.9. The molecule has 0 radical (unpaired) electrons. The monoisotopic (exact) mass is 326 g/mol. The summed E-state index contributed by atoms with van der Waals surface area (Å²) in [5.41, 5.74) is 4.21. The van der Waals surface area contributed by atoms with Gasteiger partial charge in [0.1, 0.15) is 11.3 Å². The molecule has 1 amide bonds. The maximum atomic E-state index is 11.3. The third-order valence-corrected chi connectivity index (χ3v) is 3.65. The average Bonchev–Trinajstić information content (AvgIpc) is 2.99. The van der Waals surface area contributed by atoms with Gasteiger partial charge in [-0.2, -0.15) is 0 Å². The molecule has 24 heavy (non-hydrogen) atoms. The van der Waals surface area contributed by atoms with Crippen LogP contribution in [0.3, 0.4) is 0 Å². The first-order valence-corrected chi connectivity index (χ1v) is 7.50. The number of oxazole rings is 1. The maximum absolute atomic E-state index is 11.3. The highest BCUT2D eigenvalue weighted by atomic mass is 16.5. The van der Waals surface area contributed by atoms with Crippen molar-refractivity contribution in [3.05, 3.63) is 53.4 Å². The van der Waals surface area contributed by atoms with E-state index in [1.807, 2.05) is 38.1 Å². The maximum Gasteiger partial charge on any atom is 0.411 e. The van der Waals surface area contributed by atoms with Crippen molar-refractivity contribution in [1.82, 2.24) is 4.98 Å². The lowest BCUT2D eigenvalue weighted by atomic mass is 10.2. The summed E-state index contributed by atoms with van der Waals surface area (Å²) < 4.78 is 16.0. The van der Waals surface area contributed by atoms with Crippen LogP contribution in [0.25, 0.3) is 11.1 Å². The summed E-state index contributed by atoms with van der Waals surface area (Å²) >= 11 is 0. The molecule has 0 fully saturated rings. The first-order valence-electron chi connectivity index (χ1n) is 7.50. The number of carbonyl (C=O) groups excluding carboxylic acids is 1. The zero-order valence-corrected chi connectivity index (χ0v) is 13.8. The van der Waals surface area contributed by atoms with Crippen molar-refractivity contribution in [3.63, 3.8) is 0 Å². The highest BCUT2D eigenvalue weighted by molar-refractivity contribution is 5.85. The van der Waals surface area contributed by atoms with E-state index in [9.17, 15) is 4.79 Å². The molecular weight excluding hydrogens is 308 g/mol. The summed E-state index contributed by atoms with van der Waals surface area (Å²) in [5, 5.41) is 2.64. The van der Waals surface area contributed by atoms with Gasteiger partial charge in [0.15, 0.2) is 12.2 Å². The fourth-order valence-electron chi connectivity index (χ4n) is 2.37. The Balaban J connectivity index is 1.70. The van der Waals surface area contributed by atoms with Gasteiger partial charge in [-0.1, -0.05) is 12.1 Å². The number of anilines is 1. The molecule has 124 valence electrons. The molecule has 6 nitrogen and oxygen atoms in total. The van der Waals surface area contributed by atoms with Crippen molar-refractivity contribution in [2.24, 2.45) is 0 Å². The van der Waals surface area contributed by atoms with Crippen LogP contribution in [0.5, 0.6) is 5.75 Å². The number of hydrogen-bond donors (Lipinski definition) is 1. The van der Waals surface area contributed by atoms with E-state index in [-0.39, 0.29) is 6.61 Å².